The second-order valence-electron chi connectivity index (χ2n) is 3.59. The van der Waals surface area contributed by atoms with Crippen LogP contribution in [-0.4, -0.2) is 34.7 Å². The number of azide groups is 1. The lowest BCUT2D eigenvalue weighted by Gasteiger charge is -2.20. The predicted molar refractivity (Wildman–Crippen MR) is 57.3 cm³/mol. The van der Waals surface area contributed by atoms with E-state index in [1.807, 2.05) is 13.8 Å². The summed E-state index contributed by atoms with van der Waals surface area (Å²) in [5, 5.41) is 3.47. The Morgan fingerprint density at radius 2 is 2.00 bits per heavy atom. The van der Waals surface area contributed by atoms with Gasteiger partial charge in [0.15, 0.2) is 0 Å². The van der Waals surface area contributed by atoms with Gasteiger partial charge in [-0.1, -0.05) is 5.11 Å². The van der Waals surface area contributed by atoms with E-state index in [9.17, 15) is 0 Å². The van der Waals surface area contributed by atoms with Crippen LogP contribution in [0.3, 0.4) is 0 Å². The van der Waals surface area contributed by atoms with E-state index in [0.29, 0.717) is 12.6 Å². The fourth-order valence-electron chi connectivity index (χ4n) is 1.51. The molecule has 0 aromatic carbocycles. The minimum atomic E-state index is -2.47. The third-order valence-electron chi connectivity index (χ3n) is 2.51. The number of hydrogen-bond acceptors (Lipinski definition) is 4. The highest BCUT2D eigenvalue weighted by Gasteiger charge is 2.49. The van der Waals surface area contributed by atoms with Crippen LogP contribution in [0, 0.1) is 0 Å². The Morgan fingerprint density at radius 3 is 2.47 bits per heavy atom. The maximum Gasteiger partial charge on any atom is 0.501 e. The normalized spacial score (nSPS) is 35.1. The highest BCUT2D eigenvalue weighted by molar-refractivity contribution is 6.61. The second-order valence-corrected chi connectivity index (χ2v) is 6.34. The SMILES string of the molecule is CO[Si]1(CCCN=[N+]=[N-])OC(C)C(C)O1. The Hall–Kier alpha value is -0.593. The van der Waals surface area contributed by atoms with Crippen LogP contribution in [0.2, 0.25) is 6.04 Å². The third kappa shape index (κ3) is 3.18. The molecule has 15 heavy (non-hydrogen) atoms. The minimum absolute atomic E-state index is 0.0797. The van der Waals surface area contributed by atoms with E-state index in [1.165, 1.54) is 0 Å². The van der Waals surface area contributed by atoms with Gasteiger partial charge in [0, 0.05) is 24.6 Å². The monoisotopic (exact) mass is 231 g/mol. The molecule has 1 heterocycles. The fourth-order valence-corrected chi connectivity index (χ4v) is 4.31. The highest BCUT2D eigenvalue weighted by atomic mass is 28.4. The molecule has 0 aliphatic carbocycles. The summed E-state index contributed by atoms with van der Waals surface area (Å²) in [6.07, 6.45) is 0.899. The molecule has 0 aromatic heterocycles. The van der Waals surface area contributed by atoms with Gasteiger partial charge in [0.05, 0.1) is 12.2 Å². The van der Waals surface area contributed by atoms with Crippen LogP contribution in [0.5, 0.6) is 0 Å². The summed E-state index contributed by atoms with van der Waals surface area (Å²) in [5.41, 5.74) is 8.14. The van der Waals surface area contributed by atoms with Gasteiger partial charge in [-0.15, -0.1) is 0 Å². The maximum absolute atomic E-state index is 8.14. The summed E-state index contributed by atoms with van der Waals surface area (Å²) in [6.45, 7) is 4.42. The summed E-state index contributed by atoms with van der Waals surface area (Å²) >= 11 is 0. The largest absolute Gasteiger partial charge is 0.501 e. The van der Waals surface area contributed by atoms with Crippen LogP contribution in [0.4, 0.5) is 0 Å². The van der Waals surface area contributed by atoms with Crippen molar-refractivity contribution >= 4 is 8.80 Å². The Bertz CT molecular complexity index is 248. The molecule has 0 aromatic rings. The molecule has 0 spiro atoms. The first-order chi connectivity index (χ1) is 7.13. The first-order valence-corrected chi connectivity index (χ1v) is 6.98. The van der Waals surface area contributed by atoms with Crippen LogP contribution < -0.4 is 0 Å². The summed E-state index contributed by atoms with van der Waals surface area (Å²) < 4.78 is 16.9. The number of hydrogen-bond donors (Lipinski definition) is 0. The van der Waals surface area contributed by atoms with Gasteiger partial charge in [-0.3, -0.25) is 0 Å². The van der Waals surface area contributed by atoms with Crippen molar-refractivity contribution in [3.8, 4) is 0 Å². The molecule has 0 saturated carbocycles. The van der Waals surface area contributed by atoms with E-state index in [4.69, 9.17) is 18.8 Å². The van der Waals surface area contributed by atoms with E-state index in [0.717, 1.165) is 6.42 Å². The van der Waals surface area contributed by atoms with Crippen molar-refractivity contribution < 1.29 is 13.3 Å². The minimum Gasteiger partial charge on any atom is -0.377 e. The van der Waals surface area contributed by atoms with Crippen LogP contribution in [-0.2, 0) is 13.3 Å². The molecule has 0 radical (unpaired) electrons. The van der Waals surface area contributed by atoms with E-state index < -0.39 is 8.80 Å². The Balaban J connectivity index is 2.44. The van der Waals surface area contributed by atoms with Gasteiger partial charge in [0.1, 0.15) is 0 Å². The molecule has 1 fully saturated rings. The zero-order valence-corrected chi connectivity index (χ0v) is 10.3. The number of nitrogens with zero attached hydrogens (tertiary/aromatic N) is 3. The predicted octanol–water partition coefficient (Wildman–Crippen LogP) is 2.10. The standard InChI is InChI=1S/C8H17N3O3Si/c1-7-8(2)14-15(12-3,13-7)6-4-5-10-11-9/h7-8H,4-6H2,1-3H3. The second kappa shape index (κ2) is 5.48. The van der Waals surface area contributed by atoms with Crippen molar-refractivity contribution in [3.63, 3.8) is 0 Å². The first kappa shape index (κ1) is 12.5. The van der Waals surface area contributed by atoms with Crippen molar-refractivity contribution in [1.29, 1.82) is 0 Å². The van der Waals surface area contributed by atoms with Gasteiger partial charge in [-0.05, 0) is 25.8 Å². The Labute approximate surface area is 90.5 Å². The van der Waals surface area contributed by atoms with Gasteiger partial charge in [-0.25, -0.2) is 0 Å². The molecule has 1 rings (SSSR count). The quantitative estimate of drug-likeness (QED) is 0.239. The van der Waals surface area contributed by atoms with Crippen molar-refractivity contribution in [2.75, 3.05) is 13.7 Å². The van der Waals surface area contributed by atoms with E-state index >= 15 is 0 Å². The lowest BCUT2D eigenvalue weighted by Crippen LogP contribution is -2.40. The smallest absolute Gasteiger partial charge is 0.377 e. The van der Waals surface area contributed by atoms with Crippen LogP contribution in [0.15, 0.2) is 5.11 Å². The Kier molecular flexibility index (Phi) is 4.56. The highest BCUT2D eigenvalue weighted by Crippen LogP contribution is 2.29. The molecule has 7 heteroatoms. The summed E-state index contributed by atoms with van der Waals surface area (Å²) in [5.74, 6) is 0. The third-order valence-corrected chi connectivity index (χ3v) is 5.56. The number of rotatable bonds is 5. The molecule has 0 amide bonds. The van der Waals surface area contributed by atoms with Crippen LogP contribution >= 0.6 is 0 Å². The van der Waals surface area contributed by atoms with E-state index in [-0.39, 0.29) is 12.2 Å². The molecule has 86 valence electrons. The maximum atomic E-state index is 8.14. The zero-order chi connectivity index (χ0) is 11.3. The van der Waals surface area contributed by atoms with Gasteiger partial charge in [0.2, 0.25) is 0 Å². The molecule has 1 aliphatic heterocycles. The lowest BCUT2D eigenvalue weighted by molar-refractivity contribution is 0.156. The van der Waals surface area contributed by atoms with E-state index in [1.54, 1.807) is 7.11 Å². The van der Waals surface area contributed by atoms with Crippen molar-refractivity contribution in [1.82, 2.24) is 0 Å². The van der Waals surface area contributed by atoms with Crippen LogP contribution in [0.25, 0.3) is 10.4 Å². The van der Waals surface area contributed by atoms with Crippen molar-refractivity contribution in [2.24, 2.45) is 5.11 Å². The molecule has 2 atom stereocenters. The molecular formula is C8H17N3O3Si. The summed E-state index contributed by atoms with van der Waals surface area (Å²) in [7, 11) is -0.850. The molecule has 2 unspecified atom stereocenters. The molecular weight excluding hydrogens is 214 g/mol. The zero-order valence-electron chi connectivity index (χ0n) is 9.34. The summed E-state index contributed by atoms with van der Waals surface area (Å²) in [6, 6.07) is 0.706. The average Bonchev–Trinajstić information content (AvgIpc) is 2.51. The Morgan fingerprint density at radius 1 is 1.40 bits per heavy atom. The topological polar surface area (TPSA) is 76.5 Å². The molecule has 0 N–H and O–H groups in total. The lowest BCUT2D eigenvalue weighted by atomic mass is 10.3. The molecule has 1 saturated heterocycles. The fraction of sp³-hybridized carbons (Fsp3) is 1.00. The van der Waals surface area contributed by atoms with Gasteiger partial charge in [0.25, 0.3) is 0 Å². The van der Waals surface area contributed by atoms with Crippen molar-refractivity contribution in [3.05, 3.63) is 10.4 Å². The van der Waals surface area contributed by atoms with Gasteiger partial charge in [-0.2, -0.15) is 0 Å². The molecule has 0 bridgehead atoms. The molecule has 1 aliphatic rings. The van der Waals surface area contributed by atoms with Crippen molar-refractivity contribution in [2.45, 2.75) is 38.5 Å². The van der Waals surface area contributed by atoms with E-state index in [2.05, 4.69) is 10.0 Å². The van der Waals surface area contributed by atoms with Gasteiger partial charge >= 0.3 is 8.80 Å². The molecule has 6 nitrogen and oxygen atoms in total. The van der Waals surface area contributed by atoms with Gasteiger partial charge < -0.3 is 13.3 Å². The van der Waals surface area contributed by atoms with Crippen LogP contribution in [0.1, 0.15) is 20.3 Å². The first-order valence-electron chi connectivity index (χ1n) is 5.05. The average molecular weight is 231 g/mol. The summed E-state index contributed by atoms with van der Waals surface area (Å²) in [4.78, 5) is 2.70.